The van der Waals surface area contributed by atoms with Crippen molar-refractivity contribution >= 4 is 10.0 Å². The average molecular weight is 344 g/mol. The van der Waals surface area contributed by atoms with Crippen molar-refractivity contribution in [3.63, 3.8) is 0 Å². The first-order chi connectivity index (χ1) is 10.7. The van der Waals surface area contributed by atoms with Crippen LogP contribution in [0.2, 0.25) is 0 Å². The second kappa shape index (κ2) is 6.67. The third-order valence-electron chi connectivity index (χ3n) is 3.03. The number of sulfonamides is 1. The Morgan fingerprint density at radius 2 is 1.74 bits per heavy atom. The summed E-state index contributed by atoms with van der Waals surface area (Å²) in [7, 11) is -3.80. The van der Waals surface area contributed by atoms with E-state index in [2.05, 4.69) is 9.71 Å². The lowest BCUT2D eigenvalue weighted by molar-refractivity contribution is -0.127. The first kappa shape index (κ1) is 17.4. The third-order valence-corrected chi connectivity index (χ3v) is 4.44. The number of rotatable bonds is 5. The maximum absolute atomic E-state index is 12.3. The SMILES string of the molecule is Cc1cccc(CNS(=O)(=O)c2ccc(CC(F)(F)F)cc2)n1. The molecule has 1 heterocycles. The molecule has 1 aromatic carbocycles. The molecule has 0 unspecified atom stereocenters. The van der Waals surface area contributed by atoms with Gasteiger partial charge in [0.1, 0.15) is 0 Å². The van der Waals surface area contributed by atoms with Crippen molar-refractivity contribution in [1.82, 2.24) is 9.71 Å². The zero-order chi connectivity index (χ0) is 17.1. The van der Waals surface area contributed by atoms with E-state index in [-0.39, 0.29) is 17.0 Å². The van der Waals surface area contributed by atoms with Crippen molar-refractivity contribution in [3.8, 4) is 0 Å². The molecule has 0 radical (unpaired) electrons. The van der Waals surface area contributed by atoms with E-state index >= 15 is 0 Å². The van der Waals surface area contributed by atoms with Crippen molar-refractivity contribution in [2.45, 2.75) is 31.0 Å². The molecule has 0 bridgehead atoms. The average Bonchev–Trinajstić information content (AvgIpc) is 2.44. The molecule has 0 amide bonds. The van der Waals surface area contributed by atoms with E-state index in [0.29, 0.717) is 5.69 Å². The van der Waals surface area contributed by atoms with Gasteiger partial charge in [-0.25, -0.2) is 13.1 Å². The summed E-state index contributed by atoms with van der Waals surface area (Å²) in [6.07, 6.45) is -5.41. The number of benzene rings is 1. The van der Waals surface area contributed by atoms with Gasteiger partial charge in [-0.2, -0.15) is 13.2 Å². The van der Waals surface area contributed by atoms with Crippen molar-refractivity contribution in [2.75, 3.05) is 0 Å². The fourth-order valence-electron chi connectivity index (χ4n) is 1.97. The van der Waals surface area contributed by atoms with Gasteiger partial charge in [-0.1, -0.05) is 18.2 Å². The zero-order valence-electron chi connectivity index (χ0n) is 12.3. The van der Waals surface area contributed by atoms with Crippen molar-refractivity contribution < 1.29 is 21.6 Å². The van der Waals surface area contributed by atoms with Gasteiger partial charge < -0.3 is 0 Å². The summed E-state index contributed by atoms with van der Waals surface area (Å²) in [5, 5.41) is 0. The molecule has 0 spiro atoms. The highest BCUT2D eigenvalue weighted by Crippen LogP contribution is 2.22. The van der Waals surface area contributed by atoms with Gasteiger partial charge in [0.2, 0.25) is 10.0 Å². The fourth-order valence-corrected chi connectivity index (χ4v) is 2.97. The second-order valence-corrected chi connectivity index (χ2v) is 6.80. The Kier molecular flexibility index (Phi) is 5.06. The van der Waals surface area contributed by atoms with Crippen molar-refractivity contribution in [2.24, 2.45) is 0 Å². The molecule has 23 heavy (non-hydrogen) atoms. The fraction of sp³-hybridized carbons (Fsp3) is 0.267. The number of aryl methyl sites for hydroxylation is 1. The standard InChI is InChI=1S/C15H15F3N2O2S/c1-11-3-2-4-13(20-11)10-19-23(21,22)14-7-5-12(6-8-14)9-15(16,17)18/h2-8,19H,9-10H2,1H3. The maximum Gasteiger partial charge on any atom is 0.393 e. The molecule has 0 saturated carbocycles. The predicted octanol–water partition coefficient (Wildman–Crippen LogP) is 2.97. The number of nitrogens with zero attached hydrogens (tertiary/aromatic N) is 1. The zero-order valence-corrected chi connectivity index (χ0v) is 13.1. The van der Waals surface area contributed by atoms with Crippen LogP contribution in [0.4, 0.5) is 13.2 Å². The molecule has 1 N–H and O–H groups in total. The summed E-state index contributed by atoms with van der Waals surface area (Å²) in [4.78, 5) is 4.09. The minimum absolute atomic E-state index is 0.00825. The Bertz CT molecular complexity index is 772. The minimum atomic E-state index is -4.32. The number of pyridine rings is 1. The lowest BCUT2D eigenvalue weighted by Gasteiger charge is -2.09. The van der Waals surface area contributed by atoms with E-state index in [0.717, 1.165) is 30.0 Å². The number of aromatic nitrogens is 1. The summed E-state index contributed by atoms with van der Waals surface area (Å²) in [6, 6.07) is 9.87. The van der Waals surface area contributed by atoms with Crippen molar-refractivity contribution in [1.29, 1.82) is 0 Å². The van der Waals surface area contributed by atoms with Crippen LogP contribution in [-0.2, 0) is 23.0 Å². The van der Waals surface area contributed by atoms with Gasteiger partial charge in [0, 0.05) is 5.69 Å². The summed E-state index contributed by atoms with van der Waals surface area (Å²) in [5.41, 5.74) is 1.33. The smallest absolute Gasteiger partial charge is 0.257 e. The van der Waals surface area contributed by atoms with Crippen LogP contribution in [0.15, 0.2) is 47.4 Å². The van der Waals surface area contributed by atoms with Gasteiger partial charge in [-0.3, -0.25) is 4.98 Å². The Hall–Kier alpha value is -1.93. The number of halogens is 3. The molecule has 0 aliphatic heterocycles. The molecule has 124 valence electrons. The van der Waals surface area contributed by atoms with E-state index in [9.17, 15) is 21.6 Å². The minimum Gasteiger partial charge on any atom is -0.257 e. The molecule has 0 aliphatic carbocycles. The van der Waals surface area contributed by atoms with E-state index in [1.54, 1.807) is 25.1 Å². The second-order valence-electron chi connectivity index (χ2n) is 5.03. The number of alkyl halides is 3. The summed E-state index contributed by atoms with van der Waals surface area (Å²) in [6.45, 7) is 1.80. The molecule has 0 aliphatic rings. The van der Waals surface area contributed by atoms with Gasteiger partial charge in [0.05, 0.1) is 23.6 Å². The lowest BCUT2D eigenvalue weighted by atomic mass is 10.1. The highest BCUT2D eigenvalue weighted by atomic mass is 32.2. The topological polar surface area (TPSA) is 59.1 Å². The van der Waals surface area contributed by atoms with Crippen LogP contribution in [-0.4, -0.2) is 19.6 Å². The first-order valence-electron chi connectivity index (χ1n) is 6.74. The number of hydrogen-bond donors (Lipinski definition) is 1. The number of nitrogens with one attached hydrogen (secondary N) is 1. The highest BCUT2D eigenvalue weighted by Gasteiger charge is 2.27. The molecule has 2 rings (SSSR count). The van der Waals surface area contributed by atoms with Gasteiger partial charge >= 0.3 is 6.18 Å². The largest absolute Gasteiger partial charge is 0.393 e. The molecule has 2 aromatic rings. The quantitative estimate of drug-likeness (QED) is 0.907. The van der Waals surface area contributed by atoms with Crippen LogP contribution in [0.5, 0.6) is 0 Å². The molecular formula is C15H15F3N2O2S. The molecule has 0 atom stereocenters. The van der Waals surface area contributed by atoms with E-state index in [1.807, 2.05) is 0 Å². The summed E-state index contributed by atoms with van der Waals surface area (Å²) in [5.74, 6) is 0. The highest BCUT2D eigenvalue weighted by molar-refractivity contribution is 7.89. The normalized spacial score (nSPS) is 12.3. The Balaban J connectivity index is 2.07. The molecule has 0 saturated heterocycles. The van der Waals surface area contributed by atoms with Crippen molar-refractivity contribution in [3.05, 3.63) is 59.4 Å². The molecule has 0 fully saturated rings. The van der Waals surface area contributed by atoms with E-state index < -0.39 is 22.6 Å². The van der Waals surface area contributed by atoms with E-state index in [4.69, 9.17) is 0 Å². The van der Waals surface area contributed by atoms with Crippen LogP contribution >= 0.6 is 0 Å². The third kappa shape index (κ3) is 5.33. The molecule has 4 nitrogen and oxygen atoms in total. The van der Waals surface area contributed by atoms with Crippen LogP contribution < -0.4 is 4.72 Å². The first-order valence-corrected chi connectivity index (χ1v) is 8.22. The predicted molar refractivity (Wildman–Crippen MR) is 79.2 cm³/mol. The van der Waals surface area contributed by atoms with Gasteiger partial charge in [0.25, 0.3) is 0 Å². The Morgan fingerprint density at radius 1 is 1.09 bits per heavy atom. The molecule has 1 aromatic heterocycles. The van der Waals surface area contributed by atoms with Gasteiger partial charge in [0.15, 0.2) is 0 Å². The number of hydrogen-bond acceptors (Lipinski definition) is 3. The summed E-state index contributed by atoms with van der Waals surface area (Å²) >= 11 is 0. The Morgan fingerprint density at radius 3 is 2.30 bits per heavy atom. The maximum atomic E-state index is 12.3. The van der Waals surface area contributed by atoms with E-state index in [1.165, 1.54) is 0 Å². The monoisotopic (exact) mass is 344 g/mol. The Labute approximate surface area is 132 Å². The molecule has 8 heteroatoms. The van der Waals surface area contributed by atoms with Crippen LogP contribution in [0.1, 0.15) is 17.0 Å². The van der Waals surface area contributed by atoms with Gasteiger partial charge in [-0.15, -0.1) is 0 Å². The van der Waals surface area contributed by atoms with Gasteiger partial charge in [-0.05, 0) is 36.8 Å². The van der Waals surface area contributed by atoms with Crippen LogP contribution in [0.3, 0.4) is 0 Å². The molecular weight excluding hydrogens is 329 g/mol. The lowest BCUT2D eigenvalue weighted by Crippen LogP contribution is -2.23. The van der Waals surface area contributed by atoms with Crippen LogP contribution in [0, 0.1) is 6.92 Å². The van der Waals surface area contributed by atoms with Crippen LogP contribution in [0.25, 0.3) is 0 Å². The summed E-state index contributed by atoms with van der Waals surface area (Å²) < 4.78 is 63.5.